The summed E-state index contributed by atoms with van der Waals surface area (Å²) in [6, 6.07) is 9.76. The van der Waals surface area contributed by atoms with Gasteiger partial charge in [-0.1, -0.05) is 24.3 Å². The largest absolute Gasteiger partial charge is 0.480 e. The van der Waals surface area contributed by atoms with Crippen molar-refractivity contribution in [1.82, 2.24) is 9.88 Å². The maximum atomic E-state index is 13.1. The van der Waals surface area contributed by atoms with E-state index in [1.54, 1.807) is 12.0 Å². The minimum atomic E-state index is -1.00. The number of carbonyl (C=O) groups is 1. The Hall–Kier alpha value is -2.40. The molecule has 1 aliphatic carbocycles. The van der Waals surface area contributed by atoms with Crippen LogP contribution in [-0.2, 0) is 18.4 Å². The fraction of sp³-hybridized carbons (Fsp3) is 0.429. The number of ether oxygens (including phenoxy) is 1. The van der Waals surface area contributed by atoms with Crippen LogP contribution in [0.4, 0.5) is 0 Å². The second-order valence-electron chi connectivity index (χ2n) is 7.33. The summed E-state index contributed by atoms with van der Waals surface area (Å²) in [5.74, 6) is 0.274. The van der Waals surface area contributed by atoms with Crippen LogP contribution in [0.5, 0.6) is 5.88 Å². The molecule has 5 nitrogen and oxygen atoms in total. The monoisotopic (exact) mass is 352 g/mol. The number of carbonyl (C=O) groups excluding carboxylic acids is 1. The van der Waals surface area contributed by atoms with E-state index >= 15 is 0 Å². The molecule has 1 saturated heterocycles. The number of aryl methyl sites for hydroxylation is 3. The van der Waals surface area contributed by atoms with Crippen LogP contribution >= 0.6 is 0 Å². The molecule has 2 aliphatic rings. The van der Waals surface area contributed by atoms with Crippen LogP contribution in [0.15, 0.2) is 30.3 Å². The molecule has 136 valence electrons. The van der Waals surface area contributed by atoms with Gasteiger partial charge in [-0.2, -0.15) is 0 Å². The number of nitrogens with zero attached hydrogens (tertiary/aromatic N) is 2. The van der Waals surface area contributed by atoms with Gasteiger partial charge in [-0.25, -0.2) is 4.98 Å². The molecule has 0 spiro atoms. The highest BCUT2D eigenvalue weighted by molar-refractivity contribution is 5.97. The van der Waals surface area contributed by atoms with Crippen LogP contribution in [-0.4, -0.2) is 41.1 Å². The number of hydrogen-bond donors (Lipinski definition) is 1. The van der Waals surface area contributed by atoms with Gasteiger partial charge in [0.05, 0.1) is 13.7 Å². The summed E-state index contributed by atoms with van der Waals surface area (Å²) >= 11 is 0. The molecule has 1 atom stereocenters. The molecule has 1 aromatic heterocycles. The topological polar surface area (TPSA) is 62.7 Å². The average Bonchev–Trinajstić information content (AvgIpc) is 3.27. The van der Waals surface area contributed by atoms with Crippen molar-refractivity contribution >= 4 is 5.91 Å². The molecule has 2 heterocycles. The summed E-state index contributed by atoms with van der Waals surface area (Å²) in [6.45, 7) is 2.80. The van der Waals surface area contributed by atoms with Crippen molar-refractivity contribution in [2.45, 2.75) is 38.2 Å². The summed E-state index contributed by atoms with van der Waals surface area (Å²) in [5, 5.41) is 11.2. The molecule has 4 rings (SSSR count). The normalized spacial score (nSPS) is 21.7. The van der Waals surface area contributed by atoms with E-state index in [4.69, 9.17) is 4.74 Å². The fourth-order valence-corrected chi connectivity index (χ4v) is 4.21. The standard InChI is InChI=1S/C21H24N2O3/c1-14-6-3-4-8-17(14)21(25)10-11-23(13-21)20(24)16-12-15-7-5-9-18(15)22-19(16)26-2/h3-4,6,8,12,25H,5,7,9-11,13H2,1-2H3/t21-/m0/s1. The summed E-state index contributed by atoms with van der Waals surface area (Å²) in [6.07, 6.45) is 3.50. The molecule has 26 heavy (non-hydrogen) atoms. The Morgan fingerprint density at radius 1 is 1.31 bits per heavy atom. The number of aromatic nitrogens is 1. The van der Waals surface area contributed by atoms with Crippen LogP contribution in [0.3, 0.4) is 0 Å². The highest BCUT2D eigenvalue weighted by Gasteiger charge is 2.41. The molecule has 0 unspecified atom stereocenters. The lowest BCUT2D eigenvalue weighted by Crippen LogP contribution is -2.35. The lowest BCUT2D eigenvalue weighted by atomic mass is 9.89. The van der Waals surface area contributed by atoms with Crippen molar-refractivity contribution < 1.29 is 14.6 Å². The van der Waals surface area contributed by atoms with E-state index in [0.717, 1.165) is 41.6 Å². The van der Waals surface area contributed by atoms with Crippen LogP contribution in [0.1, 0.15) is 45.6 Å². The Bertz CT molecular complexity index is 864. The van der Waals surface area contributed by atoms with Gasteiger partial charge in [0.1, 0.15) is 11.2 Å². The quantitative estimate of drug-likeness (QED) is 0.922. The van der Waals surface area contributed by atoms with Gasteiger partial charge in [0, 0.05) is 12.2 Å². The number of benzene rings is 1. The first-order valence-corrected chi connectivity index (χ1v) is 9.16. The number of rotatable bonds is 3. The highest BCUT2D eigenvalue weighted by atomic mass is 16.5. The molecule has 1 N–H and O–H groups in total. The SMILES string of the molecule is COc1nc2c(cc1C(=O)N1CC[C@@](O)(c3ccccc3C)C1)CCC2. The number of hydrogen-bond acceptors (Lipinski definition) is 4. The molecule has 1 amide bonds. The van der Waals surface area contributed by atoms with Crippen LogP contribution in [0.2, 0.25) is 0 Å². The molecule has 5 heteroatoms. The third-order valence-corrected chi connectivity index (χ3v) is 5.62. The van der Waals surface area contributed by atoms with Gasteiger partial charge >= 0.3 is 0 Å². The fourth-order valence-electron chi connectivity index (χ4n) is 4.21. The zero-order chi connectivity index (χ0) is 18.3. The zero-order valence-corrected chi connectivity index (χ0v) is 15.3. The molecule has 0 saturated carbocycles. The Morgan fingerprint density at radius 3 is 2.88 bits per heavy atom. The van der Waals surface area contributed by atoms with E-state index in [1.165, 1.54) is 0 Å². The number of likely N-dealkylation sites (tertiary alicyclic amines) is 1. The number of methoxy groups -OCH3 is 1. The Morgan fingerprint density at radius 2 is 2.12 bits per heavy atom. The number of fused-ring (bicyclic) bond motifs is 1. The summed E-state index contributed by atoms with van der Waals surface area (Å²) in [7, 11) is 1.55. The predicted octanol–water partition coefficient (Wildman–Crippen LogP) is 2.62. The molecule has 2 aromatic rings. The van der Waals surface area contributed by atoms with Crippen molar-refractivity contribution in [1.29, 1.82) is 0 Å². The molecular formula is C21H24N2O3. The Labute approximate surface area is 153 Å². The van der Waals surface area contributed by atoms with Gasteiger partial charge in [0.2, 0.25) is 5.88 Å². The van der Waals surface area contributed by atoms with Crippen molar-refractivity contribution in [2.75, 3.05) is 20.2 Å². The zero-order valence-electron chi connectivity index (χ0n) is 15.3. The van der Waals surface area contributed by atoms with E-state index < -0.39 is 5.60 Å². The van der Waals surface area contributed by atoms with Crippen molar-refractivity contribution in [3.63, 3.8) is 0 Å². The third-order valence-electron chi connectivity index (χ3n) is 5.62. The second kappa shape index (κ2) is 6.40. The van der Waals surface area contributed by atoms with E-state index in [-0.39, 0.29) is 12.5 Å². The lowest BCUT2D eigenvalue weighted by Gasteiger charge is -2.26. The van der Waals surface area contributed by atoms with Gasteiger partial charge in [-0.3, -0.25) is 4.79 Å². The molecular weight excluding hydrogens is 328 g/mol. The number of pyridine rings is 1. The third kappa shape index (κ3) is 2.76. The molecule has 1 aliphatic heterocycles. The molecule has 1 aromatic carbocycles. The van der Waals surface area contributed by atoms with E-state index in [9.17, 15) is 9.90 Å². The minimum absolute atomic E-state index is 0.117. The predicted molar refractivity (Wildman–Crippen MR) is 98.4 cm³/mol. The van der Waals surface area contributed by atoms with Gasteiger partial charge in [0.15, 0.2) is 0 Å². The van der Waals surface area contributed by atoms with Crippen LogP contribution in [0.25, 0.3) is 0 Å². The molecule has 1 fully saturated rings. The number of β-amino-alcohol motifs (C(OH)–C–C–N with tert-alkyl or cyclic N) is 1. The summed E-state index contributed by atoms with van der Waals surface area (Å²) in [4.78, 5) is 19.4. The minimum Gasteiger partial charge on any atom is -0.480 e. The molecule has 0 bridgehead atoms. The van der Waals surface area contributed by atoms with Crippen LogP contribution < -0.4 is 4.74 Å². The highest BCUT2D eigenvalue weighted by Crippen LogP contribution is 2.35. The van der Waals surface area contributed by atoms with E-state index in [1.807, 2.05) is 37.3 Å². The second-order valence-corrected chi connectivity index (χ2v) is 7.33. The average molecular weight is 352 g/mol. The van der Waals surface area contributed by atoms with Gasteiger partial charge < -0.3 is 14.7 Å². The molecule has 0 radical (unpaired) electrons. The van der Waals surface area contributed by atoms with E-state index in [2.05, 4.69) is 4.98 Å². The maximum absolute atomic E-state index is 13.1. The summed E-state index contributed by atoms with van der Waals surface area (Å²) < 4.78 is 5.39. The lowest BCUT2D eigenvalue weighted by molar-refractivity contribution is 0.0411. The maximum Gasteiger partial charge on any atom is 0.259 e. The van der Waals surface area contributed by atoms with Crippen molar-refractivity contribution in [3.8, 4) is 5.88 Å². The first kappa shape index (κ1) is 17.0. The summed E-state index contributed by atoms with van der Waals surface area (Å²) in [5.41, 5.74) is 3.62. The van der Waals surface area contributed by atoms with Crippen molar-refractivity contribution in [2.24, 2.45) is 0 Å². The first-order valence-electron chi connectivity index (χ1n) is 9.16. The smallest absolute Gasteiger partial charge is 0.259 e. The van der Waals surface area contributed by atoms with E-state index in [0.29, 0.717) is 24.4 Å². The number of aliphatic hydroxyl groups is 1. The first-order chi connectivity index (χ1) is 12.5. The van der Waals surface area contributed by atoms with Gasteiger partial charge in [0.25, 0.3) is 5.91 Å². The Balaban J connectivity index is 1.62. The Kier molecular flexibility index (Phi) is 4.19. The van der Waals surface area contributed by atoms with Gasteiger partial charge in [-0.05, 0) is 55.4 Å². The van der Waals surface area contributed by atoms with Crippen molar-refractivity contribution in [3.05, 3.63) is 58.3 Å². The number of amides is 1. The van der Waals surface area contributed by atoms with Gasteiger partial charge in [-0.15, -0.1) is 0 Å². The van der Waals surface area contributed by atoms with Crippen LogP contribution in [0, 0.1) is 6.92 Å².